The molecule has 0 aliphatic heterocycles. The van der Waals surface area contributed by atoms with E-state index >= 15 is 0 Å². The molecule has 1 aromatic rings. The van der Waals surface area contributed by atoms with Crippen LogP contribution in [0.1, 0.15) is 24.2 Å². The van der Waals surface area contributed by atoms with E-state index in [-0.39, 0.29) is 11.9 Å². The second kappa shape index (κ2) is 7.14. The first-order valence-electron chi connectivity index (χ1n) is 5.59. The summed E-state index contributed by atoms with van der Waals surface area (Å²) in [5.41, 5.74) is 0.494. The maximum absolute atomic E-state index is 12.1. The molecule has 0 saturated heterocycles. The summed E-state index contributed by atoms with van der Waals surface area (Å²) in [5, 5.41) is 5.66. The molecule has 0 aliphatic rings. The van der Waals surface area contributed by atoms with Crippen molar-refractivity contribution in [2.24, 2.45) is 0 Å². The molecule has 1 aromatic carbocycles. The van der Waals surface area contributed by atoms with E-state index in [1.165, 1.54) is 0 Å². The highest BCUT2D eigenvalue weighted by Crippen LogP contribution is 2.29. The van der Waals surface area contributed by atoms with Gasteiger partial charge in [-0.25, -0.2) is 0 Å². The van der Waals surface area contributed by atoms with E-state index < -0.39 is 9.96 Å². The molecule has 7 heteroatoms. The molecular formula is C12H14BrCl3N2O. The van der Waals surface area contributed by atoms with Crippen molar-refractivity contribution in [3.8, 4) is 0 Å². The van der Waals surface area contributed by atoms with Crippen molar-refractivity contribution in [3.05, 3.63) is 34.3 Å². The maximum Gasteiger partial charge on any atom is 0.252 e. The Morgan fingerprint density at radius 1 is 1.21 bits per heavy atom. The second-order valence-electron chi connectivity index (χ2n) is 4.28. The van der Waals surface area contributed by atoms with Crippen LogP contribution in [0.5, 0.6) is 0 Å². The Morgan fingerprint density at radius 2 is 1.74 bits per heavy atom. The lowest BCUT2D eigenvalue weighted by Gasteiger charge is -2.28. The van der Waals surface area contributed by atoms with Crippen LogP contribution in [0, 0.1) is 0 Å². The van der Waals surface area contributed by atoms with Gasteiger partial charge in [0.25, 0.3) is 5.91 Å². The van der Waals surface area contributed by atoms with Gasteiger partial charge in [-0.2, -0.15) is 0 Å². The lowest BCUT2D eigenvalue weighted by molar-refractivity contribution is 0.0928. The van der Waals surface area contributed by atoms with Crippen molar-refractivity contribution >= 4 is 56.6 Å². The third kappa shape index (κ3) is 5.88. The van der Waals surface area contributed by atoms with Crippen molar-refractivity contribution in [3.63, 3.8) is 0 Å². The molecule has 0 unspecified atom stereocenters. The van der Waals surface area contributed by atoms with Crippen molar-refractivity contribution in [2.75, 3.05) is 0 Å². The Hall–Kier alpha value is -0.000000000000000111. The third-order valence-corrected chi connectivity index (χ3v) is 3.39. The zero-order chi connectivity index (χ0) is 14.6. The topological polar surface area (TPSA) is 41.1 Å². The van der Waals surface area contributed by atoms with Crippen LogP contribution in [0.2, 0.25) is 0 Å². The van der Waals surface area contributed by atoms with Gasteiger partial charge in [-0.3, -0.25) is 10.1 Å². The summed E-state index contributed by atoms with van der Waals surface area (Å²) in [6, 6.07) is 6.98. The molecule has 0 bridgehead atoms. The molecule has 0 saturated carbocycles. The predicted molar refractivity (Wildman–Crippen MR) is 84.0 cm³/mol. The SMILES string of the molecule is CC(C)N[C@@H](NC(=O)c1ccc(Br)cc1)C(Cl)(Cl)Cl. The Labute approximate surface area is 136 Å². The van der Waals surface area contributed by atoms with Gasteiger partial charge in [-0.15, -0.1) is 0 Å². The number of hydrogen-bond donors (Lipinski definition) is 2. The number of carbonyl (C=O) groups excluding carboxylic acids is 1. The highest BCUT2D eigenvalue weighted by Gasteiger charge is 2.34. The van der Waals surface area contributed by atoms with Gasteiger partial charge < -0.3 is 5.32 Å². The smallest absolute Gasteiger partial charge is 0.252 e. The summed E-state index contributed by atoms with van der Waals surface area (Å²) in [7, 11) is 0. The van der Waals surface area contributed by atoms with Crippen molar-refractivity contribution < 1.29 is 4.79 Å². The average Bonchev–Trinajstić information content (AvgIpc) is 2.27. The van der Waals surface area contributed by atoms with Crippen LogP contribution in [0.4, 0.5) is 0 Å². The Kier molecular flexibility index (Phi) is 6.40. The lowest BCUT2D eigenvalue weighted by atomic mass is 10.2. The molecule has 1 atom stereocenters. The van der Waals surface area contributed by atoms with Crippen LogP contribution in [0.3, 0.4) is 0 Å². The number of hydrogen-bond acceptors (Lipinski definition) is 2. The highest BCUT2D eigenvalue weighted by atomic mass is 79.9. The molecule has 0 spiro atoms. The van der Waals surface area contributed by atoms with E-state index in [1.807, 2.05) is 13.8 Å². The molecule has 2 N–H and O–H groups in total. The number of carbonyl (C=O) groups is 1. The Morgan fingerprint density at radius 3 is 2.16 bits per heavy atom. The highest BCUT2D eigenvalue weighted by molar-refractivity contribution is 9.10. The van der Waals surface area contributed by atoms with E-state index in [4.69, 9.17) is 34.8 Å². The average molecular weight is 389 g/mol. The van der Waals surface area contributed by atoms with E-state index in [1.54, 1.807) is 24.3 Å². The Bertz CT molecular complexity index is 432. The van der Waals surface area contributed by atoms with Crippen molar-refractivity contribution in [2.45, 2.75) is 29.8 Å². The summed E-state index contributed by atoms with van der Waals surface area (Å²) in [5.74, 6) is -0.308. The first-order chi connectivity index (χ1) is 8.70. The fraction of sp³-hybridized carbons (Fsp3) is 0.417. The zero-order valence-electron chi connectivity index (χ0n) is 10.4. The summed E-state index contributed by atoms with van der Waals surface area (Å²) < 4.78 is -0.739. The summed E-state index contributed by atoms with van der Waals surface area (Å²) >= 11 is 20.8. The Balaban J connectivity index is 2.79. The number of nitrogens with one attached hydrogen (secondary N) is 2. The quantitative estimate of drug-likeness (QED) is 0.607. The number of benzene rings is 1. The first-order valence-corrected chi connectivity index (χ1v) is 7.52. The summed E-state index contributed by atoms with van der Waals surface area (Å²) in [4.78, 5) is 12.1. The minimum absolute atomic E-state index is 0.0610. The van der Waals surface area contributed by atoms with Crippen LogP contribution < -0.4 is 10.6 Å². The number of amides is 1. The number of rotatable bonds is 4. The fourth-order valence-corrected chi connectivity index (χ4v) is 1.98. The second-order valence-corrected chi connectivity index (χ2v) is 7.56. The molecule has 106 valence electrons. The van der Waals surface area contributed by atoms with Crippen LogP contribution in [-0.4, -0.2) is 21.9 Å². The summed E-state index contributed by atoms with van der Waals surface area (Å²) in [6.45, 7) is 3.80. The number of halogens is 4. The van der Waals surface area contributed by atoms with Crippen LogP contribution >= 0.6 is 50.7 Å². The monoisotopic (exact) mass is 386 g/mol. The minimum atomic E-state index is -1.63. The molecule has 0 radical (unpaired) electrons. The van der Waals surface area contributed by atoms with Gasteiger partial charge in [0.05, 0.1) is 0 Å². The van der Waals surface area contributed by atoms with Gasteiger partial charge in [0.15, 0.2) is 0 Å². The largest absolute Gasteiger partial charge is 0.333 e. The zero-order valence-corrected chi connectivity index (χ0v) is 14.2. The van der Waals surface area contributed by atoms with Crippen LogP contribution in [-0.2, 0) is 0 Å². The summed E-state index contributed by atoms with van der Waals surface area (Å²) in [6.07, 6.45) is -0.770. The minimum Gasteiger partial charge on any atom is -0.333 e. The van der Waals surface area contributed by atoms with Crippen LogP contribution in [0.25, 0.3) is 0 Å². The first kappa shape index (κ1) is 17.1. The van der Waals surface area contributed by atoms with Gasteiger partial charge in [0.1, 0.15) is 6.17 Å². The molecule has 19 heavy (non-hydrogen) atoms. The predicted octanol–water partition coefficient (Wildman–Crippen LogP) is 3.87. The van der Waals surface area contributed by atoms with Gasteiger partial charge >= 0.3 is 0 Å². The third-order valence-electron chi connectivity index (χ3n) is 2.21. The van der Waals surface area contributed by atoms with Gasteiger partial charge in [-0.05, 0) is 38.1 Å². The standard InChI is InChI=1S/C12H14BrCl3N2O/c1-7(2)17-11(12(14,15)16)18-10(19)8-3-5-9(13)6-4-8/h3-7,11,17H,1-2H3,(H,18,19)/t11-/m0/s1. The van der Waals surface area contributed by atoms with Crippen molar-refractivity contribution in [1.29, 1.82) is 0 Å². The molecule has 0 heterocycles. The van der Waals surface area contributed by atoms with E-state index in [0.29, 0.717) is 5.56 Å². The van der Waals surface area contributed by atoms with E-state index in [0.717, 1.165) is 4.47 Å². The molecular weight excluding hydrogens is 374 g/mol. The lowest BCUT2D eigenvalue weighted by Crippen LogP contribution is -2.55. The van der Waals surface area contributed by atoms with Gasteiger partial charge in [0.2, 0.25) is 3.79 Å². The van der Waals surface area contributed by atoms with Crippen LogP contribution in [0.15, 0.2) is 28.7 Å². The molecule has 3 nitrogen and oxygen atoms in total. The molecule has 1 rings (SSSR count). The fourth-order valence-electron chi connectivity index (χ4n) is 1.37. The van der Waals surface area contributed by atoms with Gasteiger partial charge in [0, 0.05) is 16.1 Å². The number of alkyl halides is 3. The molecule has 0 aliphatic carbocycles. The van der Waals surface area contributed by atoms with Gasteiger partial charge in [-0.1, -0.05) is 50.7 Å². The molecule has 1 amide bonds. The molecule has 0 aromatic heterocycles. The van der Waals surface area contributed by atoms with E-state index in [2.05, 4.69) is 26.6 Å². The maximum atomic E-state index is 12.1. The molecule has 0 fully saturated rings. The normalized spacial score (nSPS) is 13.4. The van der Waals surface area contributed by atoms with Crippen molar-refractivity contribution in [1.82, 2.24) is 10.6 Å². The van der Waals surface area contributed by atoms with E-state index in [9.17, 15) is 4.79 Å².